The van der Waals surface area contributed by atoms with Crippen LogP contribution >= 0.6 is 0 Å². The second-order valence-corrected chi connectivity index (χ2v) is 5.57. The molecule has 0 amide bonds. The standard InChI is InChI=1S/C14H20O3/c1-14(2,3)17-12-6-4-5-11(15)13(12)16-9-10-7-8-10/h4-6,10,15H,7-9H2,1-3H3. The molecule has 1 aromatic carbocycles. The van der Waals surface area contributed by atoms with Crippen LogP contribution in [0, 0.1) is 5.92 Å². The van der Waals surface area contributed by atoms with Gasteiger partial charge >= 0.3 is 0 Å². The lowest BCUT2D eigenvalue weighted by Crippen LogP contribution is -2.23. The van der Waals surface area contributed by atoms with Crippen molar-refractivity contribution in [1.82, 2.24) is 0 Å². The zero-order chi connectivity index (χ0) is 12.5. The van der Waals surface area contributed by atoms with Crippen molar-refractivity contribution in [1.29, 1.82) is 0 Å². The van der Waals surface area contributed by atoms with Gasteiger partial charge in [0.1, 0.15) is 5.60 Å². The van der Waals surface area contributed by atoms with E-state index < -0.39 is 0 Å². The number of hydrogen-bond donors (Lipinski definition) is 1. The largest absolute Gasteiger partial charge is 0.504 e. The van der Waals surface area contributed by atoms with E-state index in [1.807, 2.05) is 26.8 Å². The highest BCUT2D eigenvalue weighted by molar-refractivity contribution is 5.50. The number of benzene rings is 1. The van der Waals surface area contributed by atoms with Crippen LogP contribution in [0.3, 0.4) is 0 Å². The van der Waals surface area contributed by atoms with E-state index in [4.69, 9.17) is 9.47 Å². The van der Waals surface area contributed by atoms with E-state index in [0.717, 1.165) is 0 Å². The molecule has 0 aromatic heterocycles. The predicted octanol–water partition coefficient (Wildman–Crippen LogP) is 3.36. The number of aromatic hydroxyl groups is 1. The van der Waals surface area contributed by atoms with Gasteiger partial charge in [0.2, 0.25) is 5.75 Å². The summed E-state index contributed by atoms with van der Waals surface area (Å²) in [5.74, 6) is 1.87. The first-order chi connectivity index (χ1) is 7.96. The van der Waals surface area contributed by atoms with E-state index >= 15 is 0 Å². The third-order valence-corrected chi connectivity index (χ3v) is 2.53. The van der Waals surface area contributed by atoms with E-state index in [9.17, 15) is 5.11 Å². The molecule has 2 rings (SSSR count). The molecule has 17 heavy (non-hydrogen) atoms. The monoisotopic (exact) mass is 236 g/mol. The lowest BCUT2D eigenvalue weighted by Gasteiger charge is -2.23. The van der Waals surface area contributed by atoms with Gasteiger partial charge in [0.05, 0.1) is 6.61 Å². The summed E-state index contributed by atoms with van der Waals surface area (Å²) in [5.41, 5.74) is -0.300. The van der Waals surface area contributed by atoms with Gasteiger partial charge in [-0.05, 0) is 51.7 Å². The predicted molar refractivity (Wildman–Crippen MR) is 66.7 cm³/mol. The number of ether oxygens (including phenoxy) is 2. The van der Waals surface area contributed by atoms with Crippen LogP contribution in [0.1, 0.15) is 33.6 Å². The summed E-state index contributed by atoms with van der Waals surface area (Å²) in [6, 6.07) is 5.21. The number of para-hydroxylation sites is 1. The van der Waals surface area contributed by atoms with Gasteiger partial charge in [0.15, 0.2) is 11.5 Å². The van der Waals surface area contributed by atoms with E-state index in [1.54, 1.807) is 12.1 Å². The first-order valence-corrected chi connectivity index (χ1v) is 6.09. The first-order valence-electron chi connectivity index (χ1n) is 6.09. The maximum atomic E-state index is 9.82. The summed E-state index contributed by atoms with van der Waals surface area (Å²) in [7, 11) is 0. The molecule has 0 atom stereocenters. The van der Waals surface area contributed by atoms with Gasteiger partial charge in [0.25, 0.3) is 0 Å². The molecule has 1 aliphatic rings. The van der Waals surface area contributed by atoms with Crippen LogP contribution in [0.2, 0.25) is 0 Å². The van der Waals surface area contributed by atoms with Gasteiger partial charge in [-0.1, -0.05) is 6.07 Å². The molecular weight excluding hydrogens is 216 g/mol. The van der Waals surface area contributed by atoms with Crippen LogP contribution in [-0.4, -0.2) is 17.3 Å². The van der Waals surface area contributed by atoms with Crippen LogP contribution in [-0.2, 0) is 0 Å². The van der Waals surface area contributed by atoms with Crippen LogP contribution in [0.4, 0.5) is 0 Å². The van der Waals surface area contributed by atoms with Crippen molar-refractivity contribution in [2.24, 2.45) is 5.92 Å². The molecule has 1 aromatic rings. The molecule has 0 saturated heterocycles. The molecule has 0 aliphatic heterocycles. The van der Waals surface area contributed by atoms with Crippen molar-refractivity contribution < 1.29 is 14.6 Å². The fraction of sp³-hybridized carbons (Fsp3) is 0.571. The Labute approximate surface area is 102 Å². The fourth-order valence-corrected chi connectivity index (χ4v) is 1.55. The Morgan fingerprint density at radius 1 is 1.29 bits per heavy atom. The lowest BCUT2D eigenvalue weighted by atomic mass is 10.2. The highest BCUT2D eigenvalue weighted by Crippen LogP contribution is 2.39. The molecule has 3 nitrogen and oxygen atoms in total. The quantitative estimate of drug-likeness (QED) is 0.871. The van der Waals surface area contributed by atoms with Gasteiger partial charge in [-0.25, -0.2) is 0 Å². The molecule has 0 bridgehead atoms. The molecule has 0 spiro atoms. The third-order valence-electron chi connectivity index (χ3n) is 2.53. The summed E-state index contributed by atoms with van der Waals surface area (Å²) in [6.07, 6.45) is 2.45. The van der Waals surface area contributed by atoms with E-state index in [2.05, 4.69) is 0 Å². The van der Waals surface area contributed by atoms with Crippen LogP contribution < -0.4 is 9.47 Å². The van der Waals surface area contributed by atoms with Crippen molar-refractivity contribution in [3.63, 3.8) is 0 Å². The van der Waals surface area contributed by atoms with Gasteiger partial charge in [-0.15, -0.1) is 0 Å². The molecule has 0 radical (unpaired) electrons. The maximum Gasteiger partial charge on any atom is 0.203 e. The summed E-state index contributed by atoms with van der Waals surface area (Å²) in [4.78, 5) is 0. The summed E-state index contributed by atoms with van der Waals surface area (Å²) < 4.78 is 11.4. The fourth-order valence-electron chi connectivity index (χ4n) is 1.55. The molecule has 0 heterocycles. The van der Waals surface area contributed by atoms with Crippen molar-refractivity contribution in [2.75, 3.05) is 6.61 Å². The lowest BCUT2D eigenvalue weighted by molar-refractivity contribution is 0.122. The second-order valence-electron chi connectivity index (χ2n) is 5.57. The molecule has 0 unspecified atom stereocenters. The Morgan fingerprint density at radius 2 is 2.00 bits per heavy atom. The Kier molecular flexibility index (Phi) is 3.18. The average molecular weight is 236 g/mol. The molecule has 1 N–H and O–H groups in total. The van der Waals surface area contributed by atoms with E-state index in [-0.39, 0.29) is 11.4 Å². The number of rotatable bonds is 4. The minimum absolute atomic E-state index is 0.146. The zero-order valence-corrected chi connectivity index (χ0v) is 10.7. The number of phenolic OH excluding ortho intramolecular Hbond substituents is 1. The van der Waals surface area contributed by atoms with Gasteiger partial charge < -0.3 is 14.6 Å². The SMILES string of the molecule is CC(C)(C)Oc1cccc(O)c1OCC1CC1. The summed E-state index contributed by atoms with van der Waals surface area (Å²) in [5, 5.41) is 9.82. The third kappa shape index (κ3) is 3.55. The first kappa shape index (κ1) is 12.1. The summed E-state index contributed by atoms with van der Waals surface area (Å²) >= 11 is 0. The molecule has 1 aliphatic carbocycles. The number of phenols is 1. The Hall–Kier alpha value is -1.38. The number of hydrogen-bond acceptors (Lipinski definition) is 3. The van der Waals surface area contributed by atoms with Gasteiger partial charge in [-0.2, -0.15) is 0 Å². The minimum atomic E-state index is -0.300. The van der Waals surface area contributed by atoms with Gasteiger partial charge in [0, 0.05) is 0 Å². The van der Waals surface area contributed by atoms with Crippen molar-refractivity contribution in [2.45, 2.75) is 39.2 Å². The normalized spacial score (nSPS) is 15.7. The molecule has 1 saturated carbocycles. The highest BCUT2D eigenvalue weighted by atomic mass is 16.5. The van der Waals surface area contributed by atoms with Crippen molar-refractivity contribution in [3.8, 4) is 17.2 Å². The maximum absolute atomic E-state index is 9.82. The smallest absolute Gasteiger partial charge is 0.203 e. The van der Waals surface area contributed by atoms with Crippen LogP contribution in [0.25, 0.3) is 0 Å². The Morgan fingerprint density at radius 3 is 2.59 bits per heavy atom. The Bertz CT molecular complexity index is 389. The van der Waals surface area contributed by atoms with E-state index in [0.29, 0.717) is 24.0 Å². The average Bonchev–Trinajstić information content (AvgIpc) is 2.98. The van der Waals surface area contributed by atoms with Gasteiger partial charge in [-0.3, -0.25) is 0 Å². The summed E-state index contributed by atoms with van der Waals surface area (Å²) in [6.45, 7) is 6.59. The minimum Gasteiger partial charge on any atom is -0.504 e. The highest BCUT2D eigenvalue weighted by Gasteiger charge is 2.24. The van der Waals surface area contributed by atoms with Crippen molar-refractivity contribution in [3.05, 3.63) is 18.2 Å². The zero-order valence-electron chi connectivity index (χ0n) is 10.7. The Balaban J connectivity index is 2.14. The topological polar surface area (TPSA) is 38.7 Å². The molecule has 94 valence electrons. The van der Waals surface area contributed by atoms with Crippen LogP contribution in [0.5, 0.6) is 17.2 Å². The molecule has 1 fully saturated rings. The second kappa shape index (κ2) is 4.47. The molecular formula is C14H20O3. The van der Waals surface area contributed by atoms with E-state index in [1.165, 1.54) is 12.8 Å². The van der Waals surface area contributed by atoms with Crippen molar-refractivity contribution >= 4 is 0 Å². The van der Waals surface area contributed by atoms with Crippen LogP contribution in [0.15, 0.2) is 18.2 Å². The molecule has 3 heteroatoms.